The molecule has 0 amide bonds. The molecule has 0 aliphatic heterocycles. The van der Waals surface area contributed by atoms with Crippen LogP contribution in [0.15, 0.2) is 62.0 Å². The summed E-state index contributed by atoms with van der Waals surface area (Å²) in [5.41, 5.74) is 1.38. The molecule has 0 saturated carbocycles. The summed E-state index contributed by atoms with van der Waals surface area (Å²) >= 11 is 1.50. The molecular weight excluding hydrogens is 388 g/mol. The maximum atomic E-state index is 12.6. The van der Waals surface area contributed by atoms with E-state index >= 15 is 0 Å². The second kappa shape index (κ2) is 6.61. The van der Waals surface area contributed by atoms with E-state index in [0.717, 1.165) is 10.1 Å². The van der Waals surface area contributed by atoms with Gasteiger partial charge in [-0.05, 0) is 35.0 Å². The molecule has 27 heavy (non-hydrogen) atoms. The lowest BCUT2D eigenvalue weighted by Crippen LogP contribution is -2.28. The van der Waals surface area contributed by atoms with E-state index < -0.39 is 21.9 Å². The van der Waals surface area contributed by atoms with E-state index in [1.54, 1.807) is 0 Å². The fourth-order valence-electron chi connectivity index (χ4n) is 2.91. The first-order valence-electron chi connectivity index (χ1n) is 8.10. The number of rotatable bonds is 5. The van der Waals surface area contributed by atoms with Crippen LogP contribution in [0.5, 0.6) is 0 Å². The average molecular weight is 404 g/mol. The molecule has 2 aromatic carbocycles. The van der Waals surface area contributed by atoms with Crippen molar-refractivity contribution in [1.82, 2.24) is 9.29 Å². The Morgan fingerprint density at radius 1 is 1.26 bits per heavy atom. The fraction of sp³-hybridized carbons (Fsp3) is 0.167. The lowest BCUT2D eigenvalue weighted by atomic mass is 10.1. The van der Waals surface area contributed by atoms with Crippen molar-refractivity contribution in [2.24, 2.45) is 7.05 Å². The first-order chi connectivity index (χ1) is 12.9. The summed E-state index contributed by atoms with van der Waals surface area (Å²) in [7, 11) is -2.36. The molecule has 2 aromatic heterocycles. The van der Waals surface area contributed by atoms with Crippen molar-refractivity contribution in [2.75, 3.05) is 6.54 Å². The summed E-state index contributed by atoms with van der Waals surface area (Å²) in [4.78, 5) is 11.5. The summed E-state index contributed by atoms with van der Waals surface area (Å²) in [5, 5.41) is 13.2. The average Bonchev–Trinajstić information content (AvgIpc) is 3.21. The number of aryl methyl sites for hydroxylation is 1. The van der Waals surface area contributed by atoms with Gasteiger partial charge in [-0.3, -0.25) is 4.57 Å². The number of fused-ring (bicyclic) bond motifs is 2. The first-order valence-corrected chi connectivity index (χ1v) is 10.5. The molecule has 0 saturated heterocycles. The van der Waals surface area contributed by atoms with Gasteiger partial charge in [0.2, 0.25) is 10.0 Å². The molecular formula is C18H16N2O5S2. The van der Waals surface area contributed by atoms with Crippen molar-refractivity contribution in [3.63, 3.8) is 0 Å². The van der Waals surface area contributed by atoms with Crippen LogP contribution in [0, 0.1) is 0 Å². The summed E-state index contributed by atoms with van der Waals surface area (Å²) in [6.07, 6.45) is -0.974. The molecule has 2 N–H and O–H groups in total. The van der Waals surface area contributed by atoms with Gasteiger partial charge in [0.1, 0.15) is 0 Å². The molecule has 9 heteroatoms. The van der Waals surface area contributed by atoms with Crippen molar-refractivity contribution >= 4 is 42.5 Å². The third kappa shape index (κ3) is 3.19. The van der Waals surface area contributed by atoms with Crippen LogP contribution in [-0.2, 0) is 17.1 Å². The van der Waals surface area contributed by atoms with Gasteiger partial charge in [0.15, 0.2) is 5.58 Å². The molecule has 4 rings (SSSR count). The van der Waals surface area contributed by atoms with Crippen LogP contribution >= 0.6 is 11.3 Å². The molecule has 2 heterocycles. The van der Waals surface area contributed by atoms with E-state index in [1.165, 1.54) is 41.2 Å². The molecule has 0 spiro atoms. The minimum atomic E-state index is -3.86. The van der Waals surface area contributed by atoms with Gasteiger partial charge in [-0.25, -0.2) is 17.9 Å². The third-order valence-corrected chi connectivity index (χ3v) is 6.81. The number of aromatic nitrogens is 1. The van der Waals surface area contributed by atoms with Gasteiger partial charge in [-0.1, -0.05) is 18.2 Å². The monoisotopic (exact) mass is 404 g/mol. The normalized spacial score (nSPS) is 13.4. The number of aliphatic hydroxyl groups excluding tert-OH is 1. The number of sulfonamides is 1. The quantitative estimate of drug-likeness (QED) is 0.532. The molecule has 0 aliphatic carbocycles. The zero-order valence-corrected chi connectivity index (χ0v) is 15.9. The van der Waals surface area contributed by atoms with Crippen LogP contribution in [0.2, 0.25) is 0 Å². The number of hydrogen-bond donors (Lipinski definition) is 2. The number of benzene rings is 2. The van der Waals surface area contributed by atoms with Crippen LogP contribution < -0.4 is 10.5 Å². The molecule has 140 valence electrons. The molecule has 1 atom stereocenters. The van der Waals surface area contributed by atoms with Crippen LogP contribution in [0.3, 0.4) is 0 Å². The smallest absolute Gasteiger partial charge is 0.408 e. The van der Waals surface area contributed by atoms with Gasteiger partial charge in [0.05, 0.1) is 16.5 Å². The largest absolute Gasteiger partial charge is 0.419 e. The maximum absolute atomic E-state index is 12.6. The molecule has 0 radical (unpaired) electrons. The Labute approximate surface area is 158 Å². The predicted molar refractivity (Wildman–Crippen MR) is 103 cm³/mol. The first kappa shape index (κ1) is 17.9. The standard InChI is InChI=1S/C18H16N2O5S2/c1-20-14-8-11(6-7-16(14)25-18(20)22)27(23,24)19-9-15(21)13-10-26-17-5-3-2-4-12(13)17/h2-8,10,15,19,21H,9H2,1H3/t15-/m0/s1. The topological polar surface area (TPSA) is 102 Å². The van der Waals surface area contributed by atoms with Gasteiger partial charge in [0, 0.05) is 23.9 Å². The number of hydrogen-bond acceptors (Lipinski definition) is 6. The van der Waals surface area contributed by atoms with Crippen LogP contribution in [0.4, 0.5) is 0 Å². The molecule has 0 bridgehead atoms. The Kier molecular flexibility index (Phi) is 4.39. The van der Waals surface area contributed by atoms with Gasteiger partial charge < -0.3 is 9.52 Å². The summed E-state index contributed by atoms with van der Waals surface area (Å²) < 4.78 is 34.9. The zero-order valence-electron chi connectivity index (χ0n) is 14.2. The Hall–Kier alpha value is -2.46. The molecule has 0 aliphatic rings. The lowest BCUT2D eigenvalue weighted by molar-refractivity contribution is 0.184. The van der Waals surface area contributed by atoms with Crippen LogP contribution in [0.1, 0.15) is 11.7 Å². The SMILES string of the molecule is Cn1c(=O)oc2ccc(S(=O)(=O)NC[C@H](O)c3csc4ccccc34)cc21. The highest BCUT2D eigenvalue weighted by Gasteiger charge is 2.20. The van der Waals surface area contributed by atoms with Crippen molar-refractivity contribution in [2.45, 2.75) is 11.0 Å². The summed E-state index contributed by atoms with van der Waals surface area (Å²) in [6.45, 7) is -0.161. The number of nitrogens with one attached hydrogen (secondary N) is 1. The van der Waals surface area contributed by atoms with E-state index in [2.05, 4.69) is 4.72 Å². The third-order valence-electron chi connectivity index (χ3n) is 4.41. The van der Waals surface area contributed by atoms with Gasteiger partial charge in [-0.2, -0.15) is 0 Å². The lowest BCUT2D eigenvalue weighted by Gasteiger charge is -2.12. The highest BCUT2D eigenvalue weighted by atomic mass is 32.2. The van der Waals surface area contributed by atoms with E-state index in [9.17, 15) is 18.3 Å². The van der Waals surface area contributed by atoms with Crippen molar-refractivity contribution in [3.8, 4) is 0 Å². The highest BCUT2D eigenvalue weighted by molar-refractivity contribution is 7.89. The summed E-state index contributed by atoms with van der Waals surface area (Å²) in [5.74, 6) is -0.563. The molecule has 4 aromatic rings. The Morgan fingerprint density at radius 2 is 2.04 bits per heavy atom. The van der Waals surface area contributed by atoms with Gasteiger partial charge in [-0.15, -0.1) is 11.3 Å². The van der Waals surface area contributed by atoms with Crippen LogP contribution in [0.25, 0.3) is 21.2 Å². The van der Waals surface area contributed by atoms with E-state index in [1.807, 2.05) is 29.6 Å². The second-order valence-corrected chi connectivity index (χ2v) is 8.79. The number of aliphatic hydroxyl groups is 1. The highest BCUT2D eigenvalue weighted by Crippen LogP contribution is 2.30. The van der Waals surface area contributed by atoms with Gasteiger partial charge in [0.25, 0.3) is 0 Å². The molecule has 0 fully saturated rings. The van der Waals surface area contributed by atoms with Crippen molar-refractivity contribution in [1.29, 1.82) is 0 Å². The maximum Gasteiger partial charge on any atom is 0.419 e. The van der Waals surface area contributed by atoms with E-state index in [0.29, 0.717) is 16.7 Å². The number of nitrogens with zero attached hydrogens (tertiary/aromatic N) is 1. The second-order valence-electron chi connectivity index (χ2n) is 6.11. The number of oxazole rings is 1. The van der Waals surface area contributed by atoms with E-state index in [-0.39, 0.29) is 11.4 Å². The molecule has 7 nitrogen and oxygen atoms in total. The molecule has 0 unspecified atom stereocenters. The zero-order chi connectivity index (χ0) is 19.2. The van der Waals surface area contributed by atoms with Crippen LogP contribution in [-0.4, -0.2) is 24.6 Å². The predicted octanol–water partition coefficient (Wildman–Crippen LogP) is 2.36. The minimum Gasteiger partial charge on any atom is -0.408 e. The van der Waals surface area contributed by atoms with Crippen molar-refractivity contribution in [3.05, 3.63) is 64.0 Å². The Bertz CT molecular complexity index is 1300. The van der Waals surface area contributed by atoms with Gasteiger partial charge >= 0.3 is 5.76 Å². The fourth-order valence-corrected chi connectivity index (χ4v) is 4.98. The Morgan fingerprint density at radius 3 is 2.85 bits per heavy atom. The summed E-state index contributed by atoms with van der Waals surface area (Å²) in [6, 6.07) is 11.8. The van der Waals surface area contributed by atoms with E-state index in [4.69, 9.17) is 4.42 Å². The Balaban J connectivity index is 1.58. The number of thiophene rings is 1. The van der Waals surface area contributed by atoms with Crippen molar-refractivity contribution < 1.29 is 17.9 Å². The minimum absolute atomic E-state index is 0.00576.